The molecule has 1 amide bonds. The molecule has 1 unspecified atom stereocenters. The minimum atomic E-state index is -0.0560. The number of halogens is 2. The second-order valence-corrected chi connectivity index (χ2v) is 7.95. The molecule has 6 nitrogen and oxygen atoms in total. The Morgan fingerprint density at radius 3 is 2.70 bits per heavy atom. The van der Waals surface area contributed by atoms with E-state index in [1.165, 1.54) is 6.42 Å². The van der Waals surface area contributed by atoms with Gasteiger partial charge in [-0.05, 0) is 43.9 Å². The lowest BCUT2D eigenvalue weighted by molar-refractivity contribution is -0.134. The lowest BCUT2D eigenvalue weighted by atomic mass is 10.2. The number of ether oxygens (including phenoxy) is 1. The van der Waals surface area contributed by atoms with E-state index in [1.807, 2.05) is 4.90 Å². The van der Waals surface area contributed by atoms with Crippen molar-refractivity contribution in [2.75, 3.05) is 13.2 Å². The average molecular weight is 409 g/mol. The molecule has 27 heavy (non-hydrogen) atoms. The van der Waals surface area contributed by atoms with Gasteiger partial charge in [-0.1, -0.05) is 29.6 Å². The van der Waals surface area contributed by atoms with E-state index in [0.29, 0.717) is 22.3 Å². The Kier molecular flexibility index (Phi) is 5.55. The number of hydrogen-bond acceptors (Lipinski definition) is 4. The second kappa shape index (κ2) is 8.07. The van der Waals surface area contributed by atoms with Crippen LogP contribution >= 0.6 is 23.2 Å². The molecule has 0 spiro atoms. The maximum atomic E-state index is 12.8. The summed E-state index contributed by atoms with van der Waals surface area (Å²) >= 11 is 12.0. The van der Waals surface area contributed by atoms with Gasteiger partial charge >= 0.3 is 0 Å². The number of benzene rings is 1. The molecular weight excluding hydrogens is 387 g/mol. The van der Waals surface area contributed by atoms with Crippen molar-refractivity contribution in [1.82, 2.24) is 19.7 Å². The van der Waals surface area contributed by atoms with Crippen molar-refractivity contribution >= 4 is 29.1 Å². The van der Waals surface area contributed by atoms with Crippen molar-refractivity contribution in [2.24, 2.45) is 0 Å². The predicted molar refractivity (Wildman–Crippen MR) is 103 cm³/mol. The van der Waals surface area contributed by atoms with Crippen LogP contribution in [0.15, 0.2) is 18.2 Å². The number of aromatic nitrogens is 3. The highest BCUT2D eigenvalue weighted by Crippen LogP contribution is 2.32. The zero-order valence-electron chi connectivity index (χ0n) is 15.0. The minimum absolute atomic E-state index is 0.0246. The molecule has 144 valence electrons. The number of carbonyl (C=O) groups excluding carboxylic acids is 1. The van der Waals surface area contributed by atoms with Gasteiger partial charge in [0.25, 0.3) is 5.91 Å². The normalized spacial score (nSPS) is 19.6. The molecule has 2 aliphatic rings. The molecule has 1 aromatic heterocycles. The van der Waals surface area contributed by atoms with Crippen LogP contribution < -0.4 is 4.74 Å². The monoisotopic (exact) mass is 408 g/mol. The summed E-state index contributed by atoms with van der Waals surface area (Å²) in [6.45, 7) is 1.60. The predicted octanol–water partition coefficient (Wildman–Crippen LogP) is 4.05. The standard InChI is InChI=1S/C19H22Cl2N4O2/c20-13-9-14(21)11-15(10-13)27-12-18(26)24-8-4-5-16(24)19-23-22-17-6-2-1-3-7-25(17)19/h9-11,16H,1-8,12H2. The van der Waals surface area contributed by atoms with Gasteiger partial charge in [-0.25, -0.2) is 0 Å². The molecule has 0 radical (unpaired) electrons. The lowest BCUT2D eigenvalue weighted by Crippen LogP contribution is -2.35. The summed E-state index contributed by atoms with van der Waals surface area (Å²) < 4.78 is 7.86. The fraction of sp³-hybridized carbons (Fsp3) is 0.526. The Labute approximate surface area is 168 Å². The number of hydrogen-bond donors (Lipinski definition) is 0. The first-order valence-corrected chi connectivity index (χ1v) is 10.2. The van der Waals surface area contributed by atoms with E-state index < -0.39 is 0 Å². The smallest absolute Gasteiger partial charge is 0.261 e. The number of likely N-dealkylation sites (tertiary alicyclic amines) is 1. The average Bonchev–Trinajstić information content (AvgIpc) is 3.20. The van der Waals surface area contributed by atoms with Crippen LogP contribution in [0.4, 0.5) is 0 Å². The molecule has 0 saturated carbocycles. The van der Waals surface area contributed by atoms with Gasteiger partial charge in [-0.2, -0.15) is 0 Å². The number of rotatable bonds is 4. The number of fused-ring (bicyclic) bond motifs is 1. The molecule has 1 saturated heterocycles. The van der Waals surface area contributed by atoms with Gasteiger partial charge in [0.2, 0.25) is 0 Å². The van der Waals surface area contributed by atoms with Gasteiger partial charge in [0.05, 0.1) is 6.04 Å². The van der Waals surface area contributed by atoms with E-state index in [-0.39, 0.29) is 18.6 Å². The van der Waals surface area contributed by atoms with Crippen molar-refractivity contribution in [3.63, 3.8) is 0 Å². The molecule has 1 fully saturated rings. The molecule has 0 aliphatic carbocycles. The number of carbonyl (C=O) groups is 1. The van der Waals surface area contributed by atoms with Crippen LogP contribution in [0.5, 0.6) is 5.75 Å². The first-order chi connectivity index (χ1) is 13.1. The van der Waals surface area contributed by atoms with Crippen LogP contribution in [-0.2, 0) is 17.8 Å². The van der Waals surface area contributed by atoms with E-state index in [1.54, 1.807) is 18.2 Å². The summed E-state index contributed by atoms with van der Waals surface area (Å²) in [5.74, 6) is 2.41. The van der Waals surface area contributed by atoms with Gasteiger partial charge in [-0.15, -0.1) is 10.2 Å². The molecule has 1 aromatic carbocycles. The summed E-state index contributed by atoms with van der Waals surface area (Å²) in [7, 11) is 0. The van der Waals surface area contributed by atoms with Crippen molar-refractivity contribution in [3.8, 4) is 5.75 Å². The van der Waals surface area contributed by atoms with Crippen molar-refractivity contribution < 1.29 is 9.53 Å². The molecule has 3 heterocycles. The molecular formula is C19H22Cl2N4O2. The largest absolute Gasteiger partial charge is 0.484 e. The van der Waals surface area contributed by atoms with Crippen molar-refractivity contribution in [2.45, 2.75) is 51.1 Å². The van der Waals surface area contributed by atoms with Crippen molar-refractivity contribution in [3.05, 3.63) is 39.9 Å². The van der Waals surface area contributed by atoms with E-state index in [2.05, 4.69) is 14.8 Å². The highest BCUT2D eigenvalue weighted by molar-refractivity contribution is 6.34. The molecule has 2 aliphatic heterocycles. The minimum Gasteiger partial charge on any atom is -0.484 e. The number of amides is 1. The highest BCUT2D eigenvalue weighted by atomic mass is 35.5. The van der Waals surface area contributed by atoms with Crippen LogP contribution in [0.1, 0.15) is 49.8 Å². The van der Waals surface area contributed by atoms with E-state index >= 15 is 0 Å². The van der Waals surface area contributed by atoms with Gasteiger partial charge in [0, 0.05) is 29.6 Å². The van der Waals surface area contributed by atoms with Crippen LogP contribution in [0, 0.1) is 0 Å². The molecule has 2 aromatic rings. The molecule has 0 N–H and O–H groups in total. The zero-order valence-corrected chi connectivity index (χ0v) is 16.5. The Morgan fingerprint density at radius 1 is 1.07 bits per heavy atom. The van der Waals surface area contributed by atoms with Crippen LogP contribution in [-0.4, -0.2) is 38.7 Å². The van der Waals surface area contributed by atoms with Crippen LogP contribution in [0.25, 0.3) is 0 Å². The Balaban J connectivity index is 1.46. The molecule has 8 heteroatoms. The lowest BCUT2D eigenvalue weighted by Gasteiger charge is -2.24. The third-order valence-corrected chi connectivity index (χ3v) is 5.64. The Morgan fingerprint density at radius 2 is 1.89 bits per heavy atom. The summed E-state index contributed by atoms with van der Waals surface area (Å²) in [6, 6.07) is 4.91. The quantitative estimate of drug-likeness (QED) is 0.765. The number of nitrogens with zero attached hydrogens (tertiary/aromatic N) is 4. The molecule has 4 rings (SSSR count). The maximum absolute atomic E-state index is 12.8. The van der Waals surface area contributed by atoms with Crippen LogP contribution in [0.2, 0.25) is 10.0 Å². The van der Waals surface area contributed by atoms with E-state index in [4.69, 9.17) is 27.9 Å². The maximum Gasteiger partial charge on any atom is 0.261 e. The second-order valence-electron chi connectivity index (χ2n) is 7.08. The topological polar surface area (TPSA) is 60.2 Å². The molecule has 1 atom stereocenters. The third kappa shape index (κ3) is 4.06. The molecule has 0 bridgehead atoms. The third-order valence-electron chi connectivity index (χ3n) is 5.21. The van der Waals surface area contributed by atoms with E-state index in [9.17, 15) is 4.79 Å². The Bertz CT molecular complexity index is 819. The number of aryl methyl sites for hydroxylation is 1. The SMILES string of the molecule is O=C(COc1cc(Cl)cc(Cl)c1)N1CCCC1c1nnc2n1CCCCC2. The van der Waals surface area contributed by atoms with Crippen molar-refractivity contribution in [1.29, 1.82) is 0 Å². The highest BCUT2D eigenvalue weighted by Gasteiger charge is 2.34. The van der Waals surface area contributed by atoms with Gasteiger partial charge in [0.15, 0.2) is 12.4 Å². The fourth-order valence-electron chi connectivity index (χ4n) is 3.93. The Hall–Kier alpha value is -1.79. The first kappa shape index (κ1) is 18.6. The zero-order chi connectivity index (χ0) is 18.8. The van der Waals surface area contributed by atoms with Gasteiger partial charge in [-0.3, -0.25) is 4.79 Å². The van der Waals surface area contributed by atoms with E-state index in [0.717, 1.165) is 50.3 Å². The van der Waals surface area contributed by atoms with Crippen LogP contribution in [0.3, 0.4) is 0 Å². The fourth-order valence-corrected chi connectivity index (χ4v) is 4.43. The summed E-state index contributed by atoms with van der Waals surface area (Å²) in [5, 5.41) is 9.78. The summed E-state index contributed by atoms with van der Waals surface area (Å²) in [6.07, 6.45) is 6.34. The van der Waals surface area contributed by atoms with Gasteiger partial charge in [0.1, 0.15) is 11.6 Å². The summed E-state index contributed by atoms with van der Waals surface area (Å²) in [4.78, 5) is 14.7. The first-order valence-electron chi connectivity index (χ1n) is 9.42. The summed E-state index contributed by atoms with van der Waals surface area (Å²) in [5.41, 5.74) is 0. The van der Waals surface area contributed by atoms with Gasteiger partial charge < -0.3 is 14.2 Å².